The highest BCUT2D eigenvalue weighted by Gasteiger charge is 2.22. The third-order valence-electron chi connectivity index (χ3n) is 4.14. The molecule has 0 radical (unpaired) electrons. The fraction of sp³-hybridized carbons (Fsp3) is 0.625. The number of hydrogen-bond acceptors (Lipinski definition) is 3. The average Bonchev–Trinajstić information content (AvgIpc) is 3.30. The molecule has 3 heteroatoms. The third kappa shape index (κ3) is 3.28. The Bertz CT molecular complexity index is 400. The average molecular weight is 260 g/mol. The van der Waals surface area contributed by atoms with Crippen LogP contribution in [0.25, 0.3) is 0 Å². The lowest BCUT2D eigenvalue weighted by molar-refractivity contribution is 0.0930. The Balaban J connectivity index is 1.62. The molecule has 104 valence electrons. The number of rotatable bonds is 5. The van der Waals surface area contributed by atoms with Crippen molar-refractivity contribution in [3.05, 3.63) is 29.8 Å². The first-order valence-electron chi connectivity index (χ1n) is 7.53. The Morgan fingerprint density at radius 3 is 2.74 bits per heavy atom. The van der Waals surface area contributed by atoms with Gasteiger partial charge in [-0.3, -0.25) is 0 Å². The smallest absolute Gasteiger partial charge is 0.0670 e. The Labute approximate surface area is 115 Å². The molecule has 1 unspecified atom stereocenters. The Morgan fingerprint density at radius 2 is 2.05 bits per heavy atom. The van der Waals surface area contributed by atoms with Gasteiger partial charge < -0.3 is 15.0 Å². The number of benzene rings is 1. The predicted octanol–water partition coefficient (Wildman–Crippen LogP) is 2.55. The zero-order valence-corrected chi connectivity index (χ0v) is 11.8. The molecular formula is C16H24N2O. The molecule has 0 spiro atoms. The monoisotopic (exact) mass is 260 g/mol. The lowest BCUT2D eigenvalue weighted by atomic mass is 10.1. The van der Waals surface area contributed by atoms with Crippen molar-refractivity contribution in [3.63, 3.8) is 0 Å². The highest BCUT2D eigenvalue weighted by atomic mass is 16.5. The van der Waals surface area contributed by atoms with Gasteiger partial charge in [0.25, 0.3) is 0 Å². The van der Waals surface area contributed by atoms with Crippen molar-refractivity contribution in [2.24, 2.45) is 0 Å². The number of ether oxygens (including phenoxy) is 1. The lowest BCUT2D eigenvalue weighted by Crippen LogP contribution is -2.45. The molecular weight excluding hydrogens is 236 g/mol. The van der Waals surface area contributed by atoms with Crippen molar-refractivity contribution in [1.29, 1.82) is 0 Å². The first kappa shape index (κ1) is 12.9. The van der Waals surface area contributed by atoms with E-state index in [0.29, 0.717) is 6.04 Å². The van der Waals surface area contributed by atoms with Gasteiger partial charge in [-0.2, -0.15) is 0 Å². The van der Waals surface area contributed by atoms with Crippen molar-refractivity contribution in [3.8, 4) is 0 Å². The van der Waals surface area contributed by atoms with E-state index in [1.54, 1.807) is 0 Å². The van der Waals surface area contributed by atoms with Gasteiger partial charge in [-0.05, 0) is 37.0 Å². The molecule has 0 amide bonds. The van der Waals surface area contributed by atoms with E-state index in [4.69, 9.17) is 4.74 Å². The van der Waals surface area contributed by atoms with Crippen LogP contribution in [-0.4, -0.2) is 31.8 Å². The van der Waals surface area contributed by atoms with Crippen molar-refractivity contribution in [2.45, 2.75) is 44.8 Å². The van der Waals surface area contributed by atoms with Crippen molar-refractivity contribution < 1.29 is 4.74 Å². The van der Waals surface area contributed by atoms with Gasteiger partial charge in [0.05, 0.1) is 19.3 Å². The van der Waals surface area contributed by atoms with Crippen LogP contribution in [0.4, 0.5) is 5.69 Å². The SMILES string of the molecule is CCC1COCCN1c1ccc(CNC2CC2)cc1. The van der Waals surface area contributed by atoms with E-state index in [1.165, 1.54) is 24.1 Å². The zero-order chi connectivity index (χ0) is 13.1. The summed E-state index contributed by atoms with van der Waals surface area (Å²) < 4.78 is 5.57. The molecule has 1 aromatic rings. The van der Waals surface area contributed by atoms with Gasteiger partial charge in [-0.15, -0.1) is 0 Å². The van der Waals surface area contributed by atoms with Gasteiger partial charge in [-0.25, -0.2) is 0 Å². The zero-order valence-electron chi connectivity index (χ0n) is 11.8. The molecule has 1 N–H and O–H groups in total. The van der Waals surface area contributed by atoms with Gasteiger partial charge >= 0.3 is 0 Å². The van der Waals surface area contributed by atoms with Crippen LogP contribution in [-0.2, 0) is 11.3 Å². The Morgan fingerprint density at radius 1 is 1.26 bits per heavy atom. The number of anilines is 1. The van der Waals surface area contributed by atoms with Crippen LogP contribution in [0.1, 0.15) is 31.7 Å². The van der Waals surface area contributed by atoms with Crippen LogP contribution in [0.15, 0.2) is 24.3 Å². The molecule has 1 aliphatic heterocycles. The number of hydrogen-bond donors (Lipinski definition) is 1. The summed E-state index contributed by atoms with van der Waals surface area (Å²) >= 11 is 0. The molecule has 19 heavy (non-hydrogen) atoms. The van der Waals surface area contributed by atoms with Crippen molar-refractivity contribution in [1.82, 2.24) is 5.32 Å². The standard InChI is InChI=1S/C16H24N2O/c1-2-15-12-19-10-9-18(15)16-7-3-13(4-8-16)11-17-14-5-6-14/h3-4,7-8,14-15,17H,2,5-6,9-12H2,1H3. The molecule has 0 aromatic heterocycles. The molecule has 0 bridgehead atoms. The second-order valence-corrected chi connectivity index (χ2v) is 5.65. The minimum Gasteiger partial charge on any atom is -0.377 e. The normalized spacial score (nSPS) is 23.6. The van der Waals surface area contributed by atoms with Crippen LogP contribution < -0.4 is 10.2 Å². The second kappa shape index (κ2) is 5.93. The molecule has 3 rings (SSSR count). The van der Waals surface area contributed by atoms with E-state index in [9.17, 15) is 0 Å². The molecule has 1 saturated carbocycles. The lowest BCUT2D eigenvalue weighted by Gasteiger charge is -2.37. The number of morpholine rings is 1. The predicted molar refractivity (Wildman–Crippen MR) is 78.5 cm³/mol. The maximum Gasteiger partial charge on any atom is 0.0670 e. The van der Waals surface area contributed by atoms with Gasteiger partial charge in [0.2, 0.25) is 0 Å². The summed E-state index contributed by atoms with van der Waals surface area (Å²) in [5.74, 6) is 0. The van der Waals surface area contributed by atoms with Gasteiger partial charge in [0, 0.05) is 24.8 Å². The fourth-order valence-electron chi connectivity index (χ4n) is 2.69. The molecule has 3 nitrogen and oxygen atoms in total. The summed E-state index contributed by atoms with van der Waals surface area (Å²) in [6.07, 6.45) is 3.85. The fourth-order valence-corrected chi connectivity index (χ4v) is 2.69. The Kier molecular flexibility index (Phi) is 4.04. The summed E-state index contributed by atoms with van der Waals surface area (Å²) in [5, 5.41) is 3.56. The molecule has 1 heterocycles. The summed E-state index contributed by atoms with van der Waals surface area (Å²) in [6, 6.07) is 10.3. The van der Waals surface area contributed by atoms with Gasteiger partial charge in [0.15, 0.2) is 0 Å². The molecule has 2 fully saturated rings. The summed E-state index contributed by atoms with van der Waals surface area (Å²) in [6.45, 7) is 5.96. The third-order valence-corrected chi connectivity index (χ3v) is 4.14. The van der Waals surface area contributed by atoms with E-state index in [-0.39, 0.29) is 0 Å². The quantitative estimate of drug-likeness (QED) is 0.880. The second-order valence-electron chi connectivity index (χ2n) is 5.65. The van der Waals surface area contributed by atoms with Crippen molar-refractivity contribution in [2.75, 3.05) is 24.7 Å². The molecule has 1 saturated heterocycles. The van der Waals surface area contributed by atoms with Crippen molar-refractivity contribution >= 4 is 5.69 Å². The maximum absolute atomic E-state index is 5.57. The number of nitrogens with zero attached hydrogens (tertiary/aromatic N) is 1. The minimum absolute atomic E-state index is 0.532. The molecule has 2 aliphatic rings. The first-order valence-corrected chi connectivity index (χ1v) is 7.53. The van der Waals surface area contributed by atoms with E-state index < -0.39 is 0 Å². The van der Waals surface area contributed by atoms with Crippen LogP contribution in [0.5, 0.6) is 0 Å². The minimum atomic E-state index is 0.532. The van der Waals surface area contributed by atoms with Crippen LogP contribution in [0, 0.1) is 0 Å². The highest BCUT2D eigenvalue weighted by Crippen LogP contribution is 2.23. The van der Waals surface area contributed by atoms with E-state index in [2.05, 4.69) is 41.4 Å². The van der Waals surface area contributed by atoms with Gasteiger partial charge in [-0.1, -0.05) is 19.1 Å². The van der Waals surface area contributed by atoms with Crippen LogP contribution in [0.2, 0.25) is 0 Å². The number of nitrogens with one attached hydrogen (secondary N) is 1. The maximum atomic E-state index is 5.57. The summed E-state index contributed by atoms with van der Waals surface area (Å²) in [5.41, 5.74) is 2.72. The van der Waals surface area contributed by atoms with Crippen LogP contribution in [0.3, 0.4) is 0 Å². The largest absolute Gasteiger partial charge is 0.377 e. The molecule has 1 aromatic carbocycles. The first-order chi connectivity index (χ1) is 9.36. The van der Waals surface area contributed by atoms with E-state index >= 15 is 0 Å². The highest BCUT2D eigenvalue weighted by molar-refractivity contribution is 5.49. The summed E-state index contributed by atoms with van der Waals surface area (Å²) in [7, 11) is 0. The molecule has 1 atom stereocenters. The summed E-state index contributed by atoms with van der Waals surface area (Å²) in [4.78, 5) is 2.49. The van der Waals surface area contributed by atoms with E-state index in [0.717, 1.165) is 38.8 Å². The van der Waals surface area contributed by atoms with E-state index in [1.807, 2.05) is 0 Å². The topological polar surface area (TPSA) is 24.5 Å². The van der Waals surface area contributed by atoms with Gasteiger partial charge in [0.1, 0.15) is 0 Å². The Hall–Kier alpha value is -1.06. The van der Waals surface area contributed by atoms with Crippen LogP contribution >= 0.6 is 0 Å². The molecule has 1 aliphatic carbocycles.